The molecule has 3 aromatic rings. The Morgan fingerprint density at radius 2 is 1.42 bits per heavy atom. The smallest absolute Gasteiger partial charge is 0.338 e. The fraction of sp³-hybridized carbons (Fsp3) is 0.0952. The minimum absolute atomic E-state index is 0.259. The van der Waals surface area contributed by atoms with E-state index in [1.807, 2.05) is 30.3 Å². The van der Waals surface area contributed by atoms with Crippen molar-refractivity contribution in [2.45, 2.75) is 21.6 Å². The van der Waals surface area contributed by atoms with Crippen LogP contribution in [0.25, 0.3) is 0 Å². The van der Waals surface area contributed by atoms with E-state index in [2.05, 4.69) is 49.4 Å². The molecule has 3 heteroatoms. The van der Waals surface area contributed by atoms with Gasteiger partial charge in [0.2, 0.25) is 0 Å². The van der Waals surface area contributed by atoms with Gasteiger partial charge in [-0.3, -0.25) is 0 Å². The zero-order valence-electron chi connectivity index (χ0n) is 13.7. The van der Waals surface area contributed by atoms with Crippen molar-refractivity contribution in [1.29, 1.82) is 0 Å². The lowest BCUT2D eigenvalue weighted by molar-refractivity contribution is 0.0600. The van der Waals surface area contributed by atoms with E-state index >= 15 is 0 Å². The molecule has 0 amide bonds. The number of carbonyl (C=O) groups excluding carboxylic acids is 1. The molecule has 1 unspecified atom stereocenters. The number of aryl methyl sites for hydroxylation is 1. The van der Waals surface area contributed by atoms with Gasteiger partial charge >= 0.3 is 5.97 Å². The van der Waals surface area contributed by atoms with Gasteiger partial charge in [0.15, 0.2) is 14.7 Å². The highest BCUT2D eigenvalue weighted by molar-refractivity contribution is 7.97. The average Bonchev–Trinajstić information content (AvgIpc) is 2.64. The average molecular weight is 335 g/mol. The zero-order valence-corrected chi connectivity index (χ0v) is 14.5. The molecule has 0 saturated heterocycles. The van der Waals surface area contributed by atoms with Crippen LogP contribution in [0, 0.1) is 6.92 Å². The van der Waals surface area contributed by atoms with Gasteiger partial charge in [-0.05, 0) is 43.3 Å². The first kappa shape index (κ1) is 16.3. The molecule has 0 radical (unpaired) electrons. The Kier molecular flexibility index (Phi) is 5.02. The Morgan fingerprint density at radius 3 is 2.08 bits per heavy atom. The molecule has 120 valence electrons. The molecule has 24 heavy (non-hydrogen) atoms. The lowest BCUT2D eigenvalue weighted by Crippen LogP contribution is -2.07. The maximum atomic E-state index is 11.9. The first-order valence-electron chi connectivity index (χ1n) is 7.73. The fourth-order valence-corrected chi connectivity index (χ4v) is 4.62. The summed E-state index contributed by atoms with van der Waals surface area (Å²) in [5.74, 6) is -0.308. The molecular weight excluding hydrogens is 316 g/mol. The summed E-state index contributed by atoms with van der Waals surface area (Å²) in [6.07, 6.45) is 0. The summed E-state index contributed by atoms with van der Waals surface area (Å²) >= 11 is 0. The lowest BCUT2D eigenvalue weighted by atomic mass is 10.2. The second-order valence-corrected chi connectivity index (χ2v) is 7.48. The number of ether oxygens (including phenoxy) is 1. The molecule has 3 aromatic carbocycles. The maximum Gasteiger partial charge on any atom is 0.338 e. The summed E-state index contributed by atoms with van der Waals surface area (Å²) < 4.78 is 4.86. The summed E-state index contributed by atoms with van der Waals surface area (Å²) in [6.45, 7) is 2.09. The summed E-state index contributed by atoms with van der Waals surface area (Å²) in [5, 5.41) is 0. The van der Waals surface area contributed by atoms with E-state index in [4.69, 9.17) is 4.74 Å². The van der Waals surface area contributed by atoms with Crippen molar-refractivity contribution in [3.8, 4) is 0 Å². The van der Waals surface area contributed by atoms with Crippen molar-refractivity contribution in [2.75, 3.05) is 7.11 Å². The molecule has 0 aliphatic carbocycles. The minimum Gasteiger partial charge on any atom is -0.465 e. The number of hydrogen-bond donors (Lipinski definition) is 0. The SMILES string of the molecule is COC(=O)c1cccc([S+](c2ccccc2)c2ccc(C)cc2)c1. The number of esters is 1. The maximum absolute atomic E-state index is 11.9. The van der Waals surface area contributed by atoms with E-state index in [1.165, 1.54) is 22.5 Å². The van der Waals surface area contributed by atoms with E-state index < -0.39 is 0 Å². The number of rotatable bonds is 4. The molecule has 0 aromatic heterocycles. The zero-order chi connectivity index (χ0) is 16.9. The van der Waals surface area contributed by atoms with Gasteiger partial charge < -0.3 is 4.74 Å². The number of hydrogen-bond acceptors (Lipinski definition) is 2. The summed E-state index contributed by atoms with van der Waals surface area (Å²) in [4.78, 5) is 15.4. The number of benzene rings is 3. The predicted octanol–water partition coefficient (Wildman–Crippen LogP) is 4.88. The first-order chi connectivity index (χ1) is 11.7. The van der Waals surface area contributed by atoms with Crippen LogP contribution < -0.4 is 0 Å². The monoisotopic (exact) mass is 335 g/mol. The van der Waals surface area contributed by atoms with Crippen molar-refractivity contribution in [3.05, 3.63) is 90.0 Å². The van der Waals surface area contributed by atoms with Crippen LogP contribution in [-0.4, -0.2) is 13.1 Å². The van der Waals surface area contributed by atoms with Gasteiger partial charge in [-0.25, -0.2) is 4.79 Å². The van der Waals surface area contributed by atoms with Crippen molar-refractivity contribution in [3.63, 3.8) is 0 Å². The van der Waals surface area contributed by atoms with Crippen LogP contribution in [-0.2, 0) is 15.6 Å². The van der Waals surface area contributed by atoms with Gasteiger partial charge in [-0.1, -0.05) is 42.0 Å². The molecule has 0 spiro atoms. The second-order valence-electron chi connectivity index (χ2n) is 5.45. The van der Waals surface area contributed by atoms with Crippen LogP contribution in [0.4, 0.5) is 0 Å². The highest BCUT2D eigenvalue weighted by Gasteiger charge is 2.29. The highest BCUT2D eigenvalue weighted by Crippen LogP contribution is 2.31. The molecule has 0 N–H and O–H groups in total. The van der Waals surface area contributed by atoms with E-state index in [1.54, 1.807) is 6.07 Å². The van der Waals surface area contributed by atoms with Gasteiger partial charge in [0.25, 0.3) is 0 Å². The van der Waals surface area contributed by atoms with Crippen molar-refractivity contribution in [2.24, 2.45) is 0 Å². The predicted molar refractivity (Wildman–Crippen MR) is 97.6 cm³/mol. The Bertz CT molecular complexity index is 826. The van der Waals surface area contributed by atoms with Gasteiger partial charge in [-0.2, -0.15) is 0 Å². The molecule has 2 nitrogen and oxygen atoms in total. The highest BCUT2D eigenvalue weighted by atomic mass is 32.2. The van der Waals surface area contributed by atoms with E-state index in [9.17, 15) is 4.79 Å². The molecule has 0 aliphatic heterocycles. The molecule has 0 heterocycles. The van der Waals surface area contributed by atoms with Crippen LogP contribution >= 0.6 is 0 Å². The Balaban J connectivity index is 2.12. The third-order valence-electron chi connectivity index (χ3n) is 3.73. The van der Waals surface area contributed by atoms with E-state index in [0.29, 0.717) is 5.56 Å². The van der Waals surface area contributed by atoms with Crippen molar-refractivity contribution < 1.29 is 9.53 Å². The van der Waals surface area contributed by atoms with Gasteiger partial charge in [0, 0.05) is 6.07 Å². The fourth-order valence-electron chi connectivity index (χ4n) is 2.51. The number of methoxy groups -OCH3 is 1. The standard InChI is InChI=1S/C21H19O2S/c1-16-11-13-19(14-12-16)24(18-8-4-3-5-9-18)20-10-6-7-17(15-20)21(22)23-2/h3-15H,1-2H3/q+1. The largest absolute Gasteiger partial charge is 0.465 e. The van der Waals surface area contributed by atoms with Crippen molar-refractivity contribution >= 4 is 16.9 Å². The topological polar surface area (TPSA) is 26.3 Å². The quantitative estimate of drug-likeness (QED) is 0.502. The summed E-state index contributed by atoms with van der Waals surface area (Å²) in [5.41, 5.74) is 1.81. The Morgan fingerprint density at radius 1 is 0.792 bits per heavy atom. The molecule has 0 fully saturated rings. The summed E-state index contributed by atoms with van der Waals surface area (Å²) in [6, 6.07) is 26.7. The molecular formula is C21H19O2S+. The van der Waals surface area contributed by atoms with Gasteiger partial charge in [0.05, 0.1) is 23.6 Å². The van der Waals surface area contributed by atoms with Crippen LogP contribution in [0.15, 0.2) is 93.5 Å². The molecule has 0 bridgehead atoms. The van der Waals surface area contributed by atoms with Crippen LogP contribution in [0.3, 0.4) is 0 Å². The molecule has 0 saturated carbocycles. The van der Waals surface area contributed by atoms with Gasteiger partial charge in [-0.15, -0.1) is 0 Å². The third-order valence-corrected chi connectivity index (χ3v) is 5.94. The van der Waals surface area contributed by atoms with Crippen molar-refractivity contribution in [1.82, 2.24) is 0 Å². The number of carbonyl (C=O) groups is 1. The molecule has 3 rings (SSSR count). The van der Waals surface area contributed by atoms with Crippen LogP contribution in [0.1, 0.15) is 15.9 Å². The Labute approximate surface area is 145 Å². The lowest BCUT2D eigenvalue weighted by Gasteiger charge is -2.09. The third kappa shape index (κ3) is 3.52. The van der Waals surface area contributed by atoms with Gasteiger partial charge in [0.1, 0.15) is 0 Å². The van der Waals surface area contributed by atoms with Crippen LogP contribution in [0.5, 0.6) is 0 Å². The molecule has 1 atom stereocenters. The Hall–Kier alpha value is -2.52. The summed E-state index contributed by atoms with van der Waals surface area (Å²) in [7, 11) is 1.15. The van der Waals surface area contributed by atoms with E-state index in [-0.39, 0.29) is 16.9 Å². The second kappa shape index (κ2) is 7.37. The first-order valence-corrected chi connectivity index (χ1v) is 8.96. The normalized spacial score (nSPS) is 11.8. The van der Waals surface area contributed by atoms with E-state index in [0.717, 1.165) is 4.90 Å². The molecule has 0 aliphatic rings. The minimum atomic E-state index is -0.308. The van der Waals surface area contributed by atoms with Crippen LogP contribution in [0.2, 0.25) is 0 Å².